The summed E-state index contributed by atoms with van der Waals surface area (Å²) in [5.41, 5.74) is 1.28. The van der Waals surface area contributed by atoms with Gasteiger partial charge in [0, 0.05) is 30.0 Å². The maximum Gasteiger partial charge on any atom is 0.259 e. The number of hydrogen-bond acceptors (Lipinski definition) is 3. The molecule has 1 N–H and O–H groups in total. The van der Waals surface area contributed by atoms with Crippen molar-refractivity contribution >= 4 is 29.0 Å². The van der Waals surface area contributed by atoms with Crippen LogP contribution in [-0.4, -0.2) is 24.0 Å². The summed E-state index contributed by atoms with van der Waals surface area (Å²) in [6.07, 6.45) is 4.02. The van der Waals surface area contributed by atoms with Gasteiger partial charge in [-0.2, -0.15) is 0 Å². The first kappa shape index (κ1) is 13.9. The molecule has 1 aromatic heterocycles. The second kappa shape index (κ2) is 6.14. The van der Waals surface area contributed by atoms with Crippen LogP contribution in [0.4, 0.5) is 11.5 Å². The van der Waals surface area contributed by atoms with Crippen molar-refractivity contribution < 1.29 is 4.79 Å². The smallest absolute Gasteiger partial charge is 0.259 e. The van der Waals surface area contributed by atoms with Crippen LogP contribution in [0.3, 0.4) is 0 Å². The lowest BCUT2D eigenvalue weighted by molar-refractivity contribution is 0.102. The predicted molar refractivity (Wildman–Crippen MR) is 85.1 cm³/mol. The van der Waals surface area contributed by atoms with Crippen molar-refractivity contribution in [3.8, 4) is 0 Å². The highest BCUT2D eigenvalue weighted by molar-refractivity contribution is 6.31. The number of aromatic nitrogens is 1. The molecule has 1 saturated heterocycles. The van der Waals surface area contributed by atoms with Gasteiger partial charge < -0.3 is 10.2 Å². The minimum atomic E-state index is -0.160. The fourth-order valence-corrected chi connectivity index (χ4v) is 2.71. The number of anilines is 2. The molecule has 21 heavy (non-hydrogen) atoms. The summed E-state index contributed by atoms with van der Waals surface area (Å²) < 4.78 is 0. The highest BCUT2D eigenvalue weighted by Gasteiger charge is 2.20. The van der Waals surface area contributed by atoms with Gasteiger partial charge in [0.15, 0.2) is 0 Å². The van der Waals surface area contributed by atoms with Gasteiger partial charge in [0.05, 0.1) is 5.56 Å². The maximum atomic E-state index is 12.5. The van der Waals surface area contributed by atoms with Crippen LogP contribution >= 0.6 is 11.6 Å². The molecule has 1 aliphatic rings. The summed E-state index contributed by atoms with van der Waals surface area (Å²) in [5, 5.41) is 3.47. The van der Waals surface area contributed by atoms with E-state index < -0.39 is 0 Å². The van der Waals surface area contributed by atoms with Crippen molar-refractivity contribution in [2.45, 2.75) is 12.8 Å². The van der Waals surface area contributed by atoms with Gasteiger partial charge in [-0.05, 0) is 43.2 Å². The Bertz CT molecular complexity index is 653. The lowest BCUT2D eigenvalue weighted by Gasteiger charge is -2.19. The van der Waals surface area contributed by atoms with E-state index in [-0.39, 0.29) is 5.91 Å². The van der Waals surface area contributed by atoms with Crippen LogP contribution in [0.2, 0.25) is 5.02 Å². The molecule has 1 aromatic carbocycles. The predicted octanol–water partition coefficient (Wildman–Crippen LogP) is 3.59. The zero-order chi connectivity index (χ0) is 14.7. The van der Waals surface area contributed by atoms with Crippen LogP contribution < -0.4 is 10.2 Å². The summed E-state index contributed by atoms with van der Waals surface area (Å²) in [5.74, 6) is 0.599. The number of pyridine rings is 1. The minimum Gasteiger partial charge on any atom is -0.356 e. The van der Waals surface area contributed by atoms with Crippen molar-refractivity contribution in [2.24, 2.45) is 0 Å². The zero-order valence-corrected chi connectivity index (χ0v) is 12.3. The highest BCUT2D eigenvalue weighted by Crippen LogP contribution is 2.23. The third-order valence-corrected chi connectivity index (χ3v) is 3.75. The minimum absolute atomic E-state index is 0.160. The Morgan fingerprint density at radius 3 is 2.76 bits per heavy atom. The van der Waals surface area contributed by atoms with E-state index in [9.17, 15) is 4.79 Å². The number of amides is 1. The molecular weight excluding hydrogens is 286 g/mol. The largest absolute Gasteiger partial charge is 0.356 e. The van der Waals surface area contributed by atoms with E-state index in [2.05, 4.69) is 15.2 Å². The fraction of sp³-hybridized carbons (Fsp3) is 0.250. The third-order valence-electron chi connectivity index (χ3n) is 3.52. The van der Waals surface area contributed by atoms with Crippen molar-refractivity contribution in [3.05, 3.63) is 53.2 Å². The number of hydrogen-bond donors (Lipinski definition) is 1. The van der Waals surface area contributed by atoms with E-state index in [4.69, 9.17) is 11.6 Å². The normalized spacial score (nSPS) is 14.2. The summed E-state index contributed by atoms with van der Waals surface area (Å²) in [4.78, 5) is 19.0. The van der Waals surface area contributed by atoms with E-state index in [1.807, 2.05) is 12.1 Å². The van der Waals surface area contributed by atoms with Crippen LogP contribution in [0.5, 0.6) is 0 Å². The second-order valence-corrected chi connectivity index (χ2v) is 5.47. The van der Waals surface area contributed by atoms with Crippen LogP contribution in [0, 0.1) is 0 Å². The molecular formula is C16H16ClN3O. The van der Waals surface area contributed by atoms with Gasteiger partial charge >= 0.3 is 0 Å². The zero-order valence-electron chi connectivity index (χ0n) is 11.6. The number of benzene rings is 1. The summed E-state index contributed by atoms with van der Waals surface area (Å²) in [6.45, 7) is 1.91. The van der Waals surface area contributed by atoms with Crippen LogP contribution in [0.25, 0.3) is 0 Å². The van der Waals surface area contributed by atoms with Gasteiger partial charge in [0.2, 0.25) is 0 Å². The Morgan fingerprint density at radius 2 is 2.00 bits per heavy atom. The van der Waals surface area contributed by atoms with Crippen LogP contribution in [0.15, 0.2) is 42.6 Å². The van der Waals surface area contributed by atoms with E-state index in [0.29, 0.717) is 16.3 Å². The first-order valence-corrected chi connectivity index (χ1v) is 7.39. The molecule has 4 nitrogen and oxygen atoms in total. The third kappa shape index (κ3) is 3.16. The first-order chi connectivity index (χ1) is 10.2. The van der Waals surface area contributed by atoms with Gasteiger partial charge in [-0.1, -0.05) is 17.7 Å². The molecule has 0 atom stereocenters. The number of nitrogens with one attached hydrogen (secondary N) is 1. The Balaban J connectivity index is 1.84. The maximum absolute atomic E-state index is 12.5. The number of halogens is 1. The van der Waals surface area contributed by atoms with Gasteiger partial charge in [-0.25, -0.2) is 4.98 Å². The van der Waals surface area contributed by atoms with Gasteiger partial charge in [-0.3, -0.25) is 4.79 Å². The van der Waals surface area contributed by atoms with E-state index in [0.717, 1.165) is 31.7 Å². The Hall–Kier alpha value is -2.07. The molecule has 1 fully saturated rings. The first-order valence-electron chi connectivity index (χ1n) is 7.01. The molecule has 108 valence electrons. The lowest BCUT2D eigenvalue weighted by atomic mass is 10.2. The van der Waals surface area contributed by atoms with Crippen molar-refractivity contribution in [1.82, 2.24) is 4.98 Å². The fourth-order valence-electron chi connectivity index (χ4n) is 2.52. The summed E-state index contributed by atoms with van der Waals surface area (Å²) in [6, 6.07) is 10.7. The summed E-state index contributed by atoms with van der Waals surface area (Å²) >= 11 is 5.94. The van der Waals surface area contributed by atoms with Gasteiger partial charge in [0.1, 0.15) is 5.82 Å². The quantitative estimate of drug-likeness (QED) is 0.942. The molecule has 0 spiro atoms. The van der Waals surface area contributed by atoms with Crippen molar-refractivity contribution in [3.63, 3.8) is 0 Å². The molecule has 3 rings (SSSR count). The SMILES string of the molecule is O=C(Nc1cccc(Cl)c1)c1cccnc1N1CCCC1. The monoisotopic (exact) mass is 301 g/mol. The van der Waals surface area contributed by atoms with E-state index in [1.54, 1.807) is 30.5 Å². The average Bonchev–Trinajstić information content (AvgIpc) is 3.01. The van der Waals surface area contributed by atoms with Crippen LogP contribution in [0.1, 0.15) is 23.2 Å². The summed E-state index contributed by atoms with van der Waals surface area (Å²) in [7, 11) is 0. The number of carbonyl (C=O) groups excluding carboxylic acids is 1. The number of nitrogens with zero attached hydrogens (tertiary/aromatic N) is 2. The molecule has 5 heteroatoms. The standard InChI is InChI=1S/C16H16ClN3O/c17-12-5-3-6-13(11-12)19-16(21)14-7-4-8-18-15(14)20-9-1-2-10-20/h3-8,11H,1-2,9-10H2,(H,19,21). The van der Waals surface area contributed by atoms with Crippen LogP contribution in [-0.2, 0) is 0 Å². The van der Waals surface area contributed by atoms with Gasteiger partial charge in [-0.15, -0.1) is 0 Å². The molecule has 2 aromatic rings. The number of carbonyl (C=O) groups is 1. The molecule has 0 radical (unpaired) electrons. The Kier molecular flexibility index (Phi) is 4.06. The lowest BCUT2D eigenvalue weighted by Crippen LogP contribution is -2.24. The average molecular weight is 302 g/mol. The molecule has 0 aliphatic carbocycles. The Labute approximate surface area is 128 Å². The number of rotatable bonds is 3. The second-order valence-electron chi connectivity index (χ2n) is 5.03. The van der Waals surface area contributed by atoms with E-state index in [1.165, 1.54) is 0 Å². The molecule has 1 aliphatic heterocycles. The molecule has 2 heterocycles. The highest BCUT2D eigenvalue weighted by atomic mass is 35.5. The Morgan fingerprint density at radius 1 is 1.19 bits per heavy atom. The van der Waals surface area contributed by atoms with Crippen molar-refractivity contribution in [1.29, 1.82) is 0 Å². The van der Waals surface area contributed by atoms with Crippen molar-refractivity contribution in [2.75, 3.05) is 23.3 Å². The molecule has 1 amide bonds. The molecule has 0 bridgehead atoms. The van der Waals surface area contributed by atoms with E-state index >= 15 is 0 Å². The molecule has 0 saturated carbocycles. The topological polar surface area (TPSA) is 45.2 Å². The van der Waals surface area contributed by atoms with Gasteiger partial charge in [0.25, 0.3) is 5.91 Å². The molecule has 0 unspecified atom stereocenters.